The van der Waals surface area contributed by atoms with Gasteiger partial charge in [0.05, 0.1) is 0 Å². The molecule has 2 aromatic carbocycles. The van der Waals surface area contributed by atoms with Gasteiger partial charge in [0.15, 0.2) is 6.61 Å². The molecule has 0 spiro atoms. The van der Waals surface area contributed by atoms with Crippen LogP contribution in [0.5, 0.6) is 5.75 Å². The summed E-state index contributed by atoms with van der Waals surface area (Å²) < 4.78 is 10.9. The summed E-state index contributed by atoms with van der Waals surface area (Å²) in [5, 5.41) is 3.70. The lowest BCUT2D eigenvalue weighted by atomic mass is 10.0. The molecule has 1 aromatic heterocycles. The van der Waals surface area contributed by atoms with Crippen LogP contribution in [0, 0.1) is 5.92 Å². The van der Waals surface area contributed by atoms with Gasteiger partial charge in [0, 0.05) is 23.6 Å². The molecule has 3 aromatic rings. The highest BCUT2D eigenvalue weighted by Crippen LogP contribution is 2.29. The number of fused-ring (bicyclic) bond motifs is 1. The van der Waals surface area contributed by atoms with Gasteiger partial charge in [-0.25, -0.2) is 4.79 Å². The SMILES string of the molecule is CC(C)[C@@H](C)NC(=O)COc1ccc2c(-c3ccccc3)cc(=O)oc2c1. The van der Waals surface area contributed by atoms with Crippen LogP contribution in [0.2, 0.25) is 0 Å². The fourth-order valence-corrected chi connectivity index (χ4v) is 2.70. The van der Waals surface area contributed by atoms with E-state index in [1.807, 2.05) is 57.2 Å². The van der Waals surface area contributed by atoms with Crippen molar-refractivity contribution in [3.8, 4) is 16.9 Å². The zero-order valence-electron chi connectivity index (χ0n) is 15.7. The normalized spacial score (nSPS) is 12.1. The molecule has 0 aliphatic rings. The maximum Gasteiger partial charge on any atom is 0.336 e. The first-order chi connectivity index (χ1) is 12.9. The summed E-state index contributed by atoms with van der Waals surface area (Å²) in [7, 11) is 0. The summed E-state index contributed by atoms with van der Waals surface area (Å²) in [4.78, 5) is 23.9. The van der Waals surface area contributed by atoms with Gasteiger partial charge < -0.3 is 14.5 Å². The molecule has 0 unspecified atom stereocenters. The first kappa shape index (κ1) is 18.7. The number of ether oxygens (including phenoxy) is 1. The third kappa shape index (κ3) is 4.56. The van der Waals surface area contributed by atoms with Gasteiger partial charge in [0.1, 0.15) is 11.3 Å². The van der Waals surface area contributed by atoms with E-state index < -0.39 is 5.63 Å². The maximum atomic E-state index is 12.0. The van der Waals surface area contributed by atoms with E-state index in [1.54, 1.807) is 12.1 Å². The van der Waals surface area contributed by atoms with Crippen LogP contribution < -0.4 is 15.7 Å². The quantitative estimate of drug-likeness (QED) is 0.671. The van der Waals surface area contributed by atoms with Gasteiger partial charge in [-0.15, -0.1) is 0 Å². The van der Waals surface area contributed by atoms with E-state index >= 15 is 0 Å². The second kappa shape index (κ2) is 8.08. The van der Waals surface area contributed by atoms with Crippen molar-refractivity contribution in [1.29, 1.82) is 0 Å². The van der Waals surface area contributed by atoms with Crippen LogP contribution in [0.3, 0.4) is 0 Å². The van der Waals surface area contributed by atoms with Crippen LogP contribution in [-0.2, 0) is 4.79 Å². The number of rotatable bonds is 6. The third-order valence-corrected chi connectivity index (χ3v) is 4.56. The monoisotopic (exact) mass is 365 g/mol. The van der Waals surface area contributed by atoms with E-state index in [2.05, 4.69) is 5.32 Å². The highest BCUT2D eigenvalue weighted by molar-refractivity contribution is 5.93. The lowest BCUT2D eigenvalue weighted by molar-refractivity contribution is -0.124. The molecule has 1 N–H and O–H groups in total. The standard InChI is InChI=1S/C22H23NO4/c1-14(2)15(3)23-21(24)13-26-17-9-10-18-19(16-7-5-4-6-8-16)12-22(25)27-20(18)11-17/h4-12,14-15H,13H2,1-3H3,(H,23,24)/t15-/m1/s1. The fraction of sp³-hybridized carbons (Fsp3) is 0.273. The molecule has 27 heavy (non-hydrogen) atoms. The van der Waals surface area contributed by atoms with Crippen molar-refractivity contribution in [3.05, 3.63) is 65.0 Å². The molecule has 0 bridgehead atoms. The molecule has 0 saturated carbocycles. The minimum absolute atomic E-state index is 0.0733. The summed E-state index contributed by atoms with van der Waals surface area (Å²) in [5.74, 6) is 0.638. The first-order valence-corrected chi connectivity index (χ1v) is 8.99. The maximum absolute atomic E-state index is 12.0. The molecule has 1 amide bonds. The molecule has 0 radical (unpaired) electrons. The number of hydrogen-bond donors (Lipinski definition) is 1. The Labute approximate surface area is 158 Å². The highest BCUT2D eigenvalue weighted by atomic mass is 16.5. The Morgan fingerprint density at radius 1 is 1.07 bits per heavy atom. The molecule has 3 rings (SSSR count). The van der Waals surface area contributed by atoms with Crippen LogP contribution in [0.1, 0.15) is 20.8 Å². The van der Waals surface area contributed by atoms with Gasteiger partial charge in [-0.1, -0.05) is 44.2 Å². The van der Waals surface area contributed by atoms with Crippen molar-refractivity contribution < 1.29 is 13.9 Å². The smallest absolute Gasteiger partial charge is 0.336 e. The van der Waals surface area contributed by atoms with Crippen LogP contribution in [0.4, 0.5) is 0 Å². The molecular formula is C22H23NO4. The van der Waals surface area contributed by atoms with Crippen molar-refractivity contribution in [1.82, 2.24) is 5.32 Å². The van der Waals surface area contributed by atoms with Crippen LogP contribution in [0.25, 0.3) is 22.1 Å². The Morgan fingerprint density at radius 2 is 1.81 bits per heavy atom. The molecule has 0 fully saturated rings. The van der Waals surface area contributed by atoms with Gasteiger partial charge in [0.2, 0.25) is 0 Å². The number of carbonyl (C=O) groups excluding carboxylic acids is 1. The second-order valence-corrected chi connectivity index (χ2v) is 6.89. The van der Waals surface area contributed by atoms with E-state index in [-0.39, 0.29) is 18.6 Å². The van der Waals surface area contributed by atoms with Crippen molar-refractivity contribution in [2.45, 2.75) is 26.8 Å². The zero-order chi connectivity index (χ0) is 19.4. The molecule has 1 heterocycles. The molecular weight excluding hydrogens is 342 g/mol. The van der Waals surface area contributed by atoms with E-state index in [1.165, 1.54) is 6.07 Å². The second-order valence-electron chi connectivity index (χ2n) is 6.89. The van der Waals surface area contributed by atoms with Gasteiger partial charge in [0.25, 0.3) is 5.91 Å². The fourth-order valence-electron chi connectivity index (χ4n) is 2.70. The summed E-state index contributed by atoms with van der Waals surface area (Å²) >= 11 is 0. The summed E-state index contributed by atoms with van der Waals surface area (Å²) in [6.45, 7) is 5.95. The minimum atomic E-state index is -0.429. The molecule has 5 nitrogen and oxygen atoms in total. The van der Waals surface area contributed by atoms with Crippen molar-refractivity contribution in [2.24, 2.45) is 5.92 Å². The van der Waals surface area contributed by atoms with Crippen LogP contribution in [0.15, 0.2) is 63.8 Å². The largest absolute Gasteiger partial charge is 0.484 e. The van der Waals surface area contributed by atoms with Crippen LogP contribution in [-0.4, -0.2) is 18.6 Å². The van der Waals surface area contributed by atoms with E-state index in [4.69, 9.17) is 9.15 Å². The van der Waals surface area contributed by atoms with Gasteiger partial charge in [-0.2, -0.15) is 0 Å². The van der Waals surface area contributed by atoms with Crippen LogP contribution >= 0.6 is 0 Å². The zero-order valence-corrected chi connectivity index (χ0v) is 15.7. The lowest BCUT2D eigenvalue weighted by Gasteiger charge is -2.17. The lowest BCUT2D eigenvalue weighted by Crippen LogP contribution is -2.38. The number of amides is 1. The molecule has 140 valence electrons. The Kier molecular flexibility index (Phi) is 5.60. The molecule has 1 atom stereocenters. The molecule has 0 aliphatic heterocycles. The van der Waals surface area contributed by atoms with E-state index in [0.29, 0.717) is 17.3 Å². The van der Waals surface area contributed by atoms with Gasteiger partial charge in [-0.05, 0) is 36.1 Å². The predicted octanol–water partition coefficient (Wildman–Crippen LogP) is 4.00. The summed E-state index contributed by atoms with van der Waals surface area (Å²) in [6, 6.07) is 16.5. The average Bonchev–Trinajstić information content (AvgIpc) is 2.66. The number of nitrogens with one attached hydrogen (secondary N) is 1. The van der Waals surface area contributed by atoms with Crippen molar-refractivity contribution in [3.63, 3.8) is 0 Å². The predicted molar refractivity (Wildman–Crippen MR) is 106 cm³/mol. The van der Waals surface area contributed by atoms with Gasteiger partial charge >= 0.3 is 5.63 Å². The number of benzene rings is 2. The summed E-state index contributed by atoms with van der Waals surface area (Å²) in [5.41, 5.74) is 1.74. The Bertz CT molecular complexity index is 992. The molecule has 0 aliphatic carbocycles. The minimum Gasteiger partial charge on any atom is -0.484 e. The highest BCUT2D eigenvalue weighted by Gasteiger charge is 2.12. The Hall–Kier alpha value is -3.08. The first-order valence-electron chi connectivity index (χ1n) is 8.99. The number of hydrogen-bond acceptors (Lipinski definition) is 4. The topological polar surface area (TPSA) is 68.5 Å². The Morgan fingerprint density at radius 3 is 2.52 bits per heavy atom. The molecule has 5 heteroatoms. The van der Waals surface area contributed by atoms with Gasteiger partial charge in [-0.3, -0.25) is 4.79 Å². The third-order valence-electron chi connectivity index (χ3n) is 4.56. The van der Waals surface area contributed by atoms with E-state index in [0.717, 1.165) is 16.5 Å². The number of carbonyl (C=O) groups is 1. The van der Waals surface area contributed by atoms with E-state index in [9.17, 15) is 9.59 Å². The van der Waals surface area contributed by atoms with Crippen molar-refractivity contribution in [2.75, 3.05) is 6.61 Å². The summed E-state index contributed by atoms with van der Waals surface area (Å²) in [6.07, 6.45) is 0. The average molecular weight is 365 g/mol. The van der Waals surface area contributed by atoms with Crippen molar-refractivity contribution >= 4 is 16.9 Å². The molecule has 0 saturated heterocycles. The Balaban J connectivity index is 1.82.